The number of halogens is 3. The number of urea groups is 1. The maximum atomic E-state index is 13.0. The number of pyridine rings is 1. The highest BCUT2D eigenvalue weighted by atomic mass is 19.4. The van der Waals surface area contributed by atoms with Crippen LogP contribution in [0.5, 0.6) is 5.88 Å². The van der Waals surface area contributed by atoms with Crippen molar-refractivity contribution in [1.82, 2.24) is 19.9 Å². The van der Waals surface area contributed by atoms with Crippen molar-refractivity contribution in [2.24, 2.45) is 0 Å². The van der Waals surface area contributed by atoms with Crippen LogP contribution in [0.15, 0.2) is 67.0 Å². The van der Waals surface area contributed by atoms with Crippen molar-refractivity contribution in [3.05, 3.63) is 72.6 Å². The molecule has 4 rings (SSSR count). The summed E-state index contributed by atoms with van der Waals surface area (Å²) in [5.74, 6) is 0.780. The van der Waals surface area contributed by atoms with Gasteiger partial charge in [-0.2, -0.15) is 13.2 Å². The van der Waals surface area contributed by atoms with Gasteiger partial charge in [-0.1, -0.05) is 12.1 Å². The third kappa shape index (κ3) is 6.74. The lowest BCUT2D eigenvalue weighted by Crippen LogP contribution is -2.32. The molecule has 198 valence electrons. The number of nitrogens with zero attached hydrogens (tertiary/aromatic N) is 5. The average Bonchev–Trinajstić information content (AvgIpc) is 2.90. The first kappa shape index (κ1) is 26.8. The molecule has 0 aliphatic rings. The number of aromatic nitrogens is 3. The summed E-state index contributed by atoms with van der Waals surface area (Å²) in [5.41, 5.74) is 2.04. The third-order valence-electron chi connectivity index (χ3n) is 5.69. The van der Waals surface area contributed by atoms with Crippen molar-refractivity contribution in [1.29, 1.82) is 0 Å². The molecule has 4 aromatic rings. The van der Waals surface area contributed by atoms with Gasteiger partial charge in [0.05, 0.1) is 29.4 Å². The summed E-state index contributed by atoms with van der Waals surface area (Å²) in [7, 11) is 5.48. The first-order valence-corrected chi connectivity index (χ1v) is 11.8. The van der Waals surface area contributed by atoms with Crippen LogP contribution >= 0.6 is 0 Å². The zero-order valence-electron chi connectivity index (χ0n) is 21.2. The second-order valence-electron chi connectivity index (χ2n) is 8.89. The zero-order valence-corrected chi connectivity index (χ0v) is 21.2. The Labute approximate surface area is 218 Å². The number of amides is 2. The summed E-state index contributed by atoms with van der Waals surface area (Å²) in [5, 5.41) is 2.46. The van der Waals surface area contributed by atoms with Gasteiger partial charge in [-0.3, -0.25) is 9.88 Å². The van der Waals surface area contributed by atoms with E-state index in [9.17, 15) is 18.0 Å². The van der Waals surface area contributed by atoms with Crippen molar-refractivity contribution in [3.63, 3.8) is 0 Å². The number of fused-ring (bicyclic) bond motifs is 1. The molecule has 11 heteroatoms. The molecular weight excluding hydrogens is 497 g/mol. The van der Waals surface area contributed by atoms with Crippen LogP contribution in [0.4, 0.5) is 29.5 Å². The predicted octanol–water partition coefficient (Wildman–Crippen LogP) is 5.71. The maximum absolute atomic E-state index is 13.0. The number of rotatable bonds is 8. The second-order valence-corrected chi connectivity index (χ2v) is 8.89. The topological polar surface area (TPSA) is 83.5 Å². The summed E-state index contributed by atoms with van der Waals surface area (Å²) < 4.78 is 44.6. The molecule has 0 atom stereocenters. The molecule has 0 radical (unpaired) electrons. The Balaban J connectivity index is 1.47. The smallest absolute Gasteiger partial charge is 0.416 e. The molecule has 0 aliphatic heterocycles. The standard InChI is InChI=1S/C27H27F3N6O2/c1-35(2)12-5-13-38-25-11-9-19(16-32-25)18-8-10-22-23(14-18)34-24(17-31-22)36(3)26(37)33-21-7-4-6-20(15-21)27(28,29)30/h4,6-11,14-17H,5,12-13H2,1-3H3,(H,33,37). The van der Waals surface area contributed by atoms with E-state index in [2.05, 4.69) is 25.2 Å². The Kier molecular flexibility index (Phi) is 8.06. The van der Waals surface area contributed by atoms with Crippen molar-refractivity contribution < 1.29 is 22.7 Å². The second kappa shape index (κ2) is 11.4. The number of hydrogen-bond donors (Lipinski definition) is 1. The van der Waals surface area contributed by atoms with Crippen molar-refractivity contribution in [2.75, 3.05) is 44.5 Å². The van der Waals surface area contributed by atoms with E-state index in [0.717, 1.165) is 36.2 Å². The highest BCUT2D eigenvalue weighted by Gasteiger charge is 2.30. The summed E-state index contributed by atoms with van der Waals surface area (Å²) in [6.45, 7) is 1.51. The minimum atomic E-state index is -4.51. The molecule has 38 heavy (non-hydrogen) atoms. The van der Waals surface area contributed by atoms with E-state index in [1.165, 1.54) is 30.3 Å². The van der Waals surface area contributed by atoms with Gasteiger partial charge in [0.15, 0.2) is 5.82 Å². The molecule has 2 aromatic heterocycles. The van der Waals surface area contributed by atoms with Crippen molar-refractivity contribution >= 4 is 28.6 Å². The van der Waals surface area contributed by atoms with Crippen LogP contribution in [-0.4, -0.2) is 60.2 Å². The predicted molar refractivity (Wildman–Crippen MR) is 140 cm³/mol. The molecule has 1 N–H and O–H groups in total. The van der Waals surface area contributed by atoms with Crippen molar-refractivity contribution in [2.45, 2.75) is 12.6 Å². The van der Waals surface area contributed by atoms with Crippen LogP contribution in [0.3, 0.4) is 0 Å². The molecule has 0 spiro atoms. The van der Waals surface area contributed by atoms with E-state index in [0.29, 0.717) is 23.5 Å². The molecule has 0 saturated heterocycles. The van der Waals surface area contributed by atoms with E-state index in [1.54, 1.807) is 6.20 Å². The van der Waals surface area contributed by atoms with E-state index in [1.807, 2.05) is 44.4 Å². The van der Waals surface area contributed by atoms with Crippen LogP contribution in [0.25, 0.3) is 22.2 Å². The first-order chi connectivity index (χ1) is 18.1. The number of anilines is 2. The number of nitrogens with one attached hydrogen (secondary N) is 1. The lowest BCUT2D eigenvalue weighted by molar-refractivity contribution is -0.137. The van der Waals surface area contributed by atoms with E-state index >= 15 is 0 Å². The van der Waals surface area contributed by atoms with Gasteiger partial charge in [0.2, 0.25) is 5.88 Å². The number of alkyl halides is 3. The third-order valence-corrected chi connectivity index (χ3v) is 5.69. The summed E-state index contributed by atoms with van der Waals surface area (Å²) in [6, 6.07) is 13.0. The van der Waals surface area contributed by atoms with E-state index in [-0.39, 0.29) is 11.5 Å². The van der Waals surface area contributed by atoms with Crippen molar-refractivity contribution in [3.8, 4) is 17.0 Å². The fraction of sp³-hybridized carbons (Fsp3) is 0.259. The molecular formula is C27H27F3N6O2. The van der Waals surface area contributed by atoms with Crippen LogP contribution in [0, 0.1) is 0 Å². The number of hydrogen-bond acceptors (Lipinski definition) is 6. The van der Waals surface area contributed by atoms with Crippen LogP contribution in [0.2, 0.25) is 0 Å². The minimum absolute atomic E-state index is 0.0188. The van der Waals surface area contributed by atoms with Crippen LogP contribution < -0.4 is 15.0 Å². The largest absolute Gasteiger partial charge is 0.478 e. The highest BCUT2D eigenvalue weighted by molar-refractivity contribution is 6.01. The average molecular weight is 525 g/mol. The van der Waals surface area contributed by atoms with E-state index < -0.39 is 17.8 Å². The first-order valence-electron chi connectivity index (χ1n) is 11.8. The molecule has 0 fully saturated rings. The Bertz CT molecular complexity index is 1410. The molecule has 0 saturated carbocycles. The molecule has 0 unspecified atom stereocenters. The number of ether oxygens (including phenoxy) is 1. The van der Waals surface area contributed by atoms with E-state index in [4.69, 9.17) is 4.74 Å². The van der Waals surface area contributed by atoms with Gasteiger partial charge in [-0.25, -0.2) is 14.8 Å². The quantitative estimate of drug-likeness (QED) is 0.297. The summed E-state index contributed by atoms with van der Waals surface area (Å²) >= 11 is 0. The Morgan fingerprint density at radius 1 is 0.947 bits per heavy atom. The van der Waals surface area contributed by atoms with Gasteiger partial charge in [0, 0.05) is 37.1 Å². The van der Waals surface area contributed by atoms with Gasteiger partial charge in [-0.15, -0.1) is 0 Å². The normalized spacial score (nSPS) is 11.6. The SMILES string of the molecule is CN(C)CCCOc1ccc(-c2ccc3ncc(N(C)C(=O)Nc4cccc(C(F)(F)F)c4)nc3c2)cn1. The molecule has 0 bridgehead atoms. The van der Waals surface area contributed by atoms with Crippen LogP contribution in [0.1, 0.15) is 12.0 Å². The highest BCUT2D eigenvalue weighted by Crippen LogP contribution is 2.31. The maximum Gasteiger partial charge on any atom is 0.416 e. The molecule has 2 heterocycles. The summed E-state index contributed by atoms with van der Waals surface area (Å²) in [6.07, 6.45) is -0.469. The van der Waals surface area contributed by atoms with Gasteiger partial charge in [-0.05, 0) is 62.5 Å². The molecule has 2 amide bonds. The van der Waals surface area contributed by atoms with Gasteiger partial charge in [0.1, 0.15) is 0 Å². The van der Waals surface area contributed by atoms with Gasteiger partial charge < -0.3 is 15.0 Å². The molecule has 0 aliphatic carbocycles. The molecule has 2 aromatic carbocycles. The Morgan fingerprint density at radius 2 is 1.74 bits per heavy atom. The van der Waals surface area contributed by atoms with Gasteiger partial charge >= 0.3 is 12.2 Å². The number of benzene rings is 2. The molecule has 8 nitrogen and oxygen atoms in total. The number of carbonyl (C=O) groups is 1. The Hall–Kier alpha value is -4.25. The zero-order chi connectivity index (χ0) is 27.3. The van der Waals surface area contributed by atoms with Crippen LogP contribution in [-0.2, 0) is 6.18 Å². The number of carbonyl (C=O) groups excluding carboxylic acids is 1. The monoisotopic (exact) mass is 524 g/mol. The fourth-order valence-corrected chi connectivity index (χ4v) is 3.62. The fourth-order valence-electron chi connectivity index (χ4n) is 3.62. The lowest BCUT2D eigenvalue weighted by Gasteiger charge is -2.18. The lowest BCUT2D eigenvalue weighted by atomic mass is 10.1. The summed E-state index contributed by atoms with van der Waals surface area (Å²) in [4.78, 5) is 29.3. The Morgan fingerprint density at radius 3 is 2.45 bits per heavy atom. The van der Waals surface area contributed by atoms with Gasteiger partial charge in [0.25, 0.3) is 0 Å². The minimum Gasteiger partial charge on any atom is -0.478 e.